The topological polar surface area (TPSA) is 20.3 Å². The molecule has 0 amide bonds. The molecule has 1 aromatic rings. The summed E-state index contributed by atoms with van der Waals surface area (Å²) >= 11 is 3.39. The van der Waals surface area contributed by atoms with Crippen LogP contribution in [0.3, 0.4) is 0 Å². The molecule has 2 rings (SSSR count). The second kappa shape index (κ2) is 7.37. The third-order valence-electron chi connectivity index (χ3n) is 4.52. The van der Waals surface area contributed by atoms with Gasteiger partial charge in [-0.05, 0) is 57.3 Å². The molecule has 2 unspecified atom stereocenters. The molecular formula is C17H24BrNO. The minimum Gasteiger partial charge on any atom is -0.300 e. The third kappa shape index (κ3) is 4.16. The Bertz CT molecular complexity index is 443. The zero-order chi connectivity index (χ0) is 14.5. The number of carbonyl (C=O) groups is 1. The van der Waals surface area contributed by atoms with E-state index in [9.17, 15) is 4.79 Å². The number of likely N-dealkylation sites (tertiary alicyclic amines) is 1. The van der Waals surface area contributed by atoms with E-state index < -0.39 is 0 Å². The molecule has 1 fully saturated rings. The van der Waals surface area contributed by atoms with E-state index in [1.165, 1.54) is 19.4 Å². The molecule has 2 nitrogen and oxygen atoms in total. The summed E-state index contributed by atoms with van der Waals surface area (Å²) in [6.45, 7) is 6.90. The number of halogens is 1. The lowest BCUT2D eigenvalue weighted by Gasteiger charge is -2.37. The second-order valence-electron chi connectivity index (χ2n) is 5.93. The van der Waals surface area contributed by atoms with Crippen LogP contribution in [0.4, 0.5) is 0 Å². The summed E-state index contributed by atoms with van der Waals surface area (Å²) in [6.07, 6.45) is 4.26. The molecule has 0 radical (unpaired) electrons. The molecule has 20 heavy (non-hydrogen) atoms. The Kier molecular flexibility index (Phi) is 5.79. The average molecular weight is 338 g/mol. The van der Waals surface area contributed by atoms with Crippen LogP contribution in [0.5, 0.6) is 0 Å². The molecule has 1 heterocycles. The quantitative estimate of drug-likeness (QED) is 0.735. The summed E-state index contributed by atoms with van der Waals surface area (Å²) in [6, 6.07) is 8.32. The summed E-state index contributed by atoms with van der Waals surface area (Å²) < 4.78 is 1.02. The van der Waals surface area contributed by atoms with Gasteiger partial charge in [0, 0.05) is 22.5 Å². The number of piperidine rings is 1. The molecule has 1 aromatic carbocycles. The monoisotopic (exact) mass is 337 g/mol. The van der Waals surface area contributed by atoms with Crippen LogP contribution < -0.4 is 0 Å². The fourth-order valence-electron chi connectivity index (χ4n) is 2.96. The molecular weight excluding hydrogens is 314 g/mol. The first-order valence-electron chi connectivity index (χ1n) is 7.60. The van der Waals surface area contributed by atoms with Crippen molar-refractivity contribution < 1.29 is 4.79 Å². The molecule has 1 aliphatic heterocycles. The Hall–Kier alpha value is -0.670. The zero-order valence-electron chi connectivity index (χ0n) is 12.4. The summed E-state index contributed by atoms with van der Waals surface area (Å²) in [5.41, 5.74) is 0.827. The lowest BCUT2D eigenvalue weighted by molar-refractivity contribution is 0.0935. The lowest BCUT2D eigenvalue weighted by atomic mass is 9.92. The summed E-state index contributed by atoms with van der Waals surface area (Å²) in [5, 5.41) is 0. The van der Waals surface area contributed by atoms with Gasteiger partial charge >= 0.3 is 0 Å². The van der Waals surface area contributed by atoms with Gasteiger partial charge in [0.1, 0.15) is 0 Å². The predicted octanol–water partition coefficient (Wildman–Crippen LogP) is 4.53. The predicted molar refractivity (Wildman–Crippen MR) is 87.1 cm³/mol. The maximum atomic E-state index is 12.1. The van der Waals surface area contributed by atoms with E-state index >= 15 is 0 Å². The number of ketones is 1. The van der Waals surface area contributed by atoms with Crippen LogP contribution in [-0.4, -0.2) is 29.8 Å². The zero-order valence-corrected chi connectivity index (χ0v) is 14.0. The number of nitrogens with zero attached hydrogens (tertiary/aromatic N) is 1. The van der Waals surface area contributed by atoms with Crippen LogP contribution in [0.15, 0.2) is 28.7 Å². The standard InChI is InChI=1S/C17H24BrNO/c1-13-5-3-11-19(14(13)2)12-4-6-17(20)15-7-9-16(18)10-8-15/h7-10,13-14H,3-6,11-12H2,1-2H3. The fraction of sp³-hybridized carbons (Fsp3) is 0.588. The maximum Gasteiger partial charge on any atom is 0.162 e. The van der Waals surface area contributed by atoms with E-state index in [1.54, 1.807) is 0 Å². The molecule has 1 saturated heterocycles. The van der Waals surface area contributed by atoms with Crippen molar-refractivity contribution in [3.8, 4) is 0 Å². The Morgan fingerprint density at radius 2 is 2.00 bits per heavy atom. The van der Waals surface area contributed by atoms with Gasteiger partial charge in [-0.25, -0.2) is 0 Å². The van der Waals surface area contributed by atoms with Crippen molar-refractivity contribution in [1.29, 1.82) is 0 Å². The Morgan fingerprint density at radius 3 is 2.70 bits per heavy atom. The molecule has 0 saturated carbocycles. The molecule has 110 valence electrons. The van der Waals surface area contributed by atoms with Crippen molar-refractivity contribution in [3.63, 3.8) is 0 Å². The molecule has 3 heteroatoms. The molecule has 0 aromatic heterocycles. The van der Waals surface area contributed by atoms with Gasteiger partial charge in [0.15, 0.2) is 5.78 Å². The molecule has 0 bridgehead atoms. The highest BCUT2D eigenvalue weighted by Gasteiger charge is 2.24. The van der Waals surface area contributed by atoms with Gasteiger partial charge < -0.3 is 4.90 Å². The van der Waals surface area contributed by atoms with Gasteiger partial charge in [-0.3, -0.25) is 4.79 Å². The largest absolute Gasteiger partial charge is 0.300 e. The summed E-state index contributed by atoms with van der Waals surface area (Å²) in [4.78, 5) is 14.7. The highest BCUT2D eigenvalue weighted by Crippen LogP contribution is 2.23. The smallest absolute Gasteiger partial charge is 0.162 e. The molecule has 2 atom stereocenters. The number of rotatable bonds is 5. The fourth-order valence-corrected chi connectivity index (χ4v) is 3.22. The van der Waals surface area contributed by atoms with Crippen LogP contribution in [-0.2, 0) is 0 Å². The van der Waals surface area contributed by atoms with Gasteiger partial charge in [-0.2, -0.15) is 0 Å². The van der Waals surface area contributed by atoms with Crippen molar-refractivity contribution in [2.24, 2.45) is 5.92 Å². The van der Waals surface area contributed by atoms with E-state index in [4.69, 9.17) is 0 Å². The van der Waals surface area contributed by atoms with E-state index in [0.29, 0.717) is 12.5 Å². The average Bonchev–Trinajstić information content (AvgIpc) is 2.44. The first kappa shape index (κ1) is 15.7. The minimum absolute atomic E-state index is 0.259. The highest BCUT2D eigenvalue weighted by atomic mass is 79.9. The van der Waals surface area contributed by atoms with Gasteiger partial charge in [-0.15, -0.1) is 0 Å². The van der Waals surface area contributed by atoms with E-state index in [1.807, 2.05) is 24.3 Å². The molecule has 1 aliphatic rings. The van der Waals surface area contributed by atoms with Crippen LogP contribution in [0.25, 0.3) is 0 Å². The van der Waals surface area contributed by atoms with Crippen LogP contribution in [0.2, 0.25) is 0 Å². The van der Waals surface area contributed by atoms with E-state index in [2.05, 4.69) is 34.7 Å². The molecule has 0 aliphatic carbocycles. The van der Waals surface area contributed by atoms with E-state index in [-0.39, 0.29) is 5.78 Å². The van der Waals surface area contributed by atoms with Crippen LogP contribution >= 0.6 is 15.9 Å². The van der Waals surface area contributed by atoms with Crippen molar-refractivity contribution in [3.05, 3.63) is 34.3 Å². The van der Waals surface area contributed by atoms with Crippen LogP contribution in [0, 0.1) is 5.92 Å². The first-order valence-corrected chi connectivity index (χ1v) is 8.40. The van der Waals surface area contributed by atoms with Crippen molar-refractivity contribution in [2.45, 2.75) is 45.6 Å². The lowest BCUT2D eigenvalue weighted by Crippen LogP contribution is -2.42. The first-order chi connectivity index (χ1) is 9.58. The minimum atomic E-state index is 0.259. The number of benzene rings is 1. The highest BCUT2D eigenvalue weighted by molar-refractivity contribution is 9.10. The maximum absolute atomic E-state index is 12.1. The van der Waals surface area contributed by atoms with Gasteiger partial charge in [-0.1, -0.05) is 35.0 Å². The van der Waals surface area contributed by atoms with Crippen molar-refractivity contribution in [2.75, 3.05) is 13.1 Å². The van der Waals surface area contributed by atoms with Crippen molar-refractivity contribution in [1.82, 2.24) is 4.90 Å². The number of Topliss-reactive ketones (excluding diaryl/α,β-unsaturated/α-hetero) is 1. The Morgan fingerprint density at radius 1 is 1.30 bits per heavy atom. The van der Waals surface area contributed by atoms with Gasteiger partial charge in [0.05, 0.1) is 0 Å². The third-order valence-corrected chi connectivity index (χ3v) is 5.05. The second-order valence-corrected chi connectivity index (χ2v) is 6.85. The van der Waals surface area contributed by atoms with Gasteiger partial charge in [0.2, 0.25) is 0 Å². The van der Waals surface area contributed by atoms with E-state index in [0.717, 1.165) is 28.9 Å². The number of carbonyl (C=O) groups excluding carboxylic acids is 1. The number of hydrogen-bond donors (Lipinski definition) is 0. The summed E-state index contributed by atoms with van der Waals surface area (Å²) in [7, 11) is 0. The Balaban J connectivity index is 1.78. The Labute approximate surface area is 130 Å². The van der Waals surface area contributed by atoms with Gasteiger partial charge in [0.25, 0.3) is 0 Å². The van der Waals surface area contributed by atoms with Crippen LogP contribution in [0.1, 0.15) is 49.9 Å². The number of hydrogen-bond acceptors (Lipinski definition) is 2. The molecule has 0 spiro atoms. The summed E-state index contributed by atoms with van der Waals surface area (Å²) in [5.74, 6) is 1.04. The van der Waals surface area contributed by atoms with Crippen molar-refractivity contribution >= 4 is 21.7 Å². The SMILES string of the molecule is CC1CCCN(CCCC(=O)c2ccc(Br)cc2)C1C. The molecule has 0 N–H and O–H groups in total. The normalized spacial score (nSPS) is 23.8.